The van der Waals surface area contributed by atoms with E-state index >= 15 is 0 Å². The number of nitrogens with one attached hydrogen (secondary N) is 2. The van der Waals surface area contributed by atoms with Gasteiger partial charge in [0.25, 0.3) is 5.91 Å². The predicted molar refractivity (Wildman–Crippen MR) is 71.9 cm³/mol. The minimum atomic E-state index is -1.03. The minimum absolute atomic E-state index is 0.0666. The second kappa shape index (κ2) is 6.18. The Bertz CT molecular complexity index is 693. The van der Waals surface area contributed by atoms with E-state index in [1.807, 2.05) is 0 Å². The van der Waals surface area contributed by atoms with Crippen molar-refractivity contribution in [1.82, 2.24) is 25.1 Å². The van der Waals surface area contributed by atoms with E-state index in [0.29, 0.717) is 5.69 Å². The summed E-state index contributed by atoms with van der Waals surface area (Å²) in [7, 11) is 3.01. The van der Waals surface area contributed by atoms with Crippen molar-refractivity contribution < 1.29 is 14.6 Å². The lowest BCUT2D eigenvalue weighted by molar-refractivity contribution is 0.0903. The summed E-state index contributed by atoms with van der Waals surface area (Å²) in [6.07, 6.45) is -1.03. The van der Waals surface area contributed by atoms with Gasteiger partial charge >= 0.3 is 6.01 Å². The number of H-pyrrole nitrogens is 1. The van der Waals surface area contributed by atoms with E-state index in [9.17, 15) is 14.7 Å². The summed E-state index contributed by atoms with van der Waals surface area (Å²) in [4.78, 5) is 29.3. The third kappa shape index (κ3) is 3.45. The molecule has 0 saturated carbocycles. The molecule has 1 amide bonds. The van der Waals surface area contributed by atoms with Crippen molar-refractivity contribution in [1.29, 1.82) is 0 Å². The molecule has 112 valence electrons. The molecule has 1 atom stereocenters. The molecule has 9 nitrogen and oxygen atoms in total. The Hall–Kier alpha value is -2.68. The Morgan fingerprint density at radius 1 is 1.57 bits per heavy atom. The molecule has 0 aliphatic heterocycles. The fourth-order valence-corrected chi connectivity index (χ4v) is 1.68. The zero-order chi connectivity index (χ0) is 15.4. The molecule has 0 aromatic carbocycles. The van der Waals surface area contributed by atoms with E-state index in [1.165, 1.54) is 23.9 Å². The fraction of sp³-hybridized carbons (Fsp3) is 0.333. The molecule has 21 heavy (non-hydrogen) atoms. The Morgan fingerprint density at radius 2 is 2.33 bits per heavy atom. The maximum atomic E-state index is 11.8. The number of rotatable bonds is 5. The first-order chi connectivity index (χ1) is 10.0. The van der Waals surface area contributed by atoms with Gasteiger partial charge in [0.15, 0.2) is 0 Å². The number of amides is 1. The Labute approximate surface area is 119 Å². The summed E-state index contributed by atoms with van der Waals surface area (Å²) < 4.78 is 6.22. The van der Waals surface area contributed by atoms with Gasteiger partial charge in [-0.2, -0.15) is 4.98 Å². The average Bonchev–Trinajstić information content (AvgIpc) is 2.85. The van der Waals surface area contributed by atoms with Gasteiger partial charge in [-0.15, -0.1) is 5.10 Å². The molecule has 2 heterocycles. The van der Waals surface area contributed by atoms with Crippen molar-refractivity contribution in [3.05, 3.63) is 40.1 Å². The van der Waals surface area contributed by atoms with Gasteiger partial charge in [-0.3, -0.25) is 9.59 Å². The molecule has 0 aliphatic rings. The smallest absolute Gasteiger partial charge is 0.314 e. The fourth-order valence-electron chi connectivity index (χ4n) is 1.68. The number of aryl methyl sites for hydroxylation is 1. The maximum Gasteiger partial charge on any atom is 0.314 e. The lowest BCUT2D eigenvalue weighted by Crippen LogP contribution is -2.30. The molecule has 0 saturated heterocycles. The zero-order valence-corrected chi connectivity index (χ0v) is 11.5. The van der Waals surface area contributed by atoms with Gasteiger partial charge in [-0.1, -0.05) is 6.07 Å². The van der Waals surface area contributed by atoms with Crippen LogP contribution >= 0.6 is 0 Å². The first-order valence-electron chi connectivity index (χ1n) is 6.11. The molecular weight excluding hydrogens is 278 g/mol. The second-order valence-electron chi connectivity index (χ2n) is 4.24. The number of methoxy groups -OCH3 is 1. The van der Waals surface area contributed by atoms with Crippen molar-refractivity contribution >= 4 is 5.91 Å². The van der Waals surface area contributed by atoms with Crippen LogP contribution in [0.15, 0.2) is 23.0 Å². The van der Waals surface area contributed by atoms with E-state index in [1.54, 1.807) is 13.1 Å². The number of nitrogens with zero attached hydrogens (tertiary/aromatic N) is 3. The van der Waals surface area contributed by atoms with Crippen molar-refractivity contribution in [2.24, 2.45) is 7.05 Å². The average molecular weight is 293 g/mol. The van der Waals surface area contributed by atoms with E-state index in [4.69, 9.17) is 4.74 Å². The highest BCUT2D eigenvalue weighted by Gasteiger charge is 2.17. The molecule has 1 unspecified atom stereocenters. The van der Waals surface area contributed by atoms with E-state index in [-0.39, 0.29) is 23.9 Å². The molecule has 9 heteroatoms. The standard InChI is InChI=1S/C12H15N5O4/c1-17-12(21-2)15-10(16-17)11(20)13-6-8(18)7-4-3-5-9(19)14-7/h3-5,8,18H,6H2,1-2H3,(H,13,20)(H,14,19). The number of aromatic nitrogens is 4. The van der Waals surface area contributed by atoms with Gasteiger partial charge in [0.2, 0.25) is 11.4 Å². The molecular formula is C12H15N5O4. The number of aromatic amines is 1. The lowest BCUT2D eigenvalue weighted by atomic mass is 10.2. The van der Waals surface area contributed by atoms with E-state index in [2.05, 4.69) is 20.4 Å². The number of carbonyl (C=O) groups is 1. The van der Waals surface area contributed by atoms with Gasteiger partial charge < -0.3 is 20.1 Å². The van der Waals surface area contributed by atoms with Gasteiger partial charge in [0.1, 0.15) is 6.10 Å². The van der Waals surface area contributed by atoms with Crippen LogP contribution in [0.1, 0.15) is 22.4 Å². The SMILES string of the molecule is COc1nc(C(=O)NCC(O)c2cccc(=O)[nH]2)nn1C. The minimum Gasteiger partial charge on any atom is -0.467 e. The molecule has 2 aromatic rings. The number of carbonyl (C=O) groups excluding carboxylic acids is 1. The van der Waals surface area contributed by atoms with Crippen molar-refractivity contribution in [2.75, 3.05) is 13.7 Å². The number of ether oxygens (including phenoxy) is 1. The Balaban J connectivity index is 1.98. The van der Waals surface area contributed by atoms with Crippen LogP contribution in [0.2, 0.25) is 0 Å². The number of aliphatic hydroxyl groups is 1. The van der Waals surface area contributed by atoms with Crippen LogP contribution in [0.25, 0.3) is 0 Å². The number of hydrogen-bond donors (Lipinski definition) is 3. The summed E-state index contributed by atoms with van der Waals surface area (Å²) in [6.45, 7) is -0.0840. The number of hydrogen-bond acceptors (Lipinski definition) is 6. The normalized spacial score (nSPS) is 12.0. The zero-order valence-electron chi connectivity index (χ0n) is 11.5. The molecule has 0 aliphatic carbocycles. The topological polar surface area (TPSA) is 122 Å². The summed E-state index contributed by atoms with van der Waals surface area (Å²) in [5, 5.41) is 16.2. The summed E-state index contributed by atoms with van der Waals surface area (Å²) in [5.74, 6) is -0.616. The third-order valence-electron chi connectivity index (χ3n) is 2.71. The lowest BCUT2D eigenvalue weighted by Gasteiger charge is -2.10. The van der Waals surface area contributed by atoms with Crippen LogP contribution < -0.4 is 15.6 Å². The van der Waals surface area contributed by atoms with Crippen LogP contribution in [0.4, 0.5) is 0 Å². The summed E-state index contributed by atoms with van der Waals surface area (Å²) in [6, 6.07) is 4.61. The molecule has 2 aromatic heterocycles. The number of aliphatic hydroxyl groups excluding tert-OH is 1. The van der Waals surface area contributed by atoms with Crippen LogP contribution in [0.3, 0.4) is 0 Å². The van der Waals surface area contributed by atoms with Gasteiger partial charge in [-0.05, 0) is 6.07 Å². The first kappa shape index (κ1) is 14.7. The molecule has 3 N–H and O–H groups in total. The quantitative estimate of drug-likeness (QED) is 0.648. The van der Waals surface area contributed by atoms with Crippen molar-refractivity contribution in [3.63, 3.8) is 0 Å². The van der Waals surface area contributed by atoms with E-state index < -0.39 is 12.0 Å². The molecule has 0 fully saturated rings. The Morgan fingerprint density at radius 3 is 2.95 bits per heavy atom. The highest BCUT2D eigenvalue weighted by molar-refractivity contribution is 5.90. The monoisotopic (exact) mass is 293 g/mol. The molecule has 0 bridgehead atoms. The largest absolute Gasteiger partial charge is 0.467 e. The highest BCUT2D eigenvalue weighted by atomic mass is 16.5. The van der Waals surface area contributed by atoms with E-state index in [0.717, 1.165) is 0 Å². The van der Waals surface area contributed by atoms with Crippen LogP contribution in [0.5, 0.6) is 6.01 Å². The Kier molecular flexibility index (Phi) is 4.33. The van der Waals surface area contributed by atoms with Crippen molar-refractivity contribution in [3.8, 4) is 6.01 Å². The van der Waals surface area contributed by atoms with Crippen molar-refractivity contribution in [2.45, 2.75) is 6.10 Å². The molecule has 0 spiro atoms. The summed E-state index contributed by atoms with van der Waals surface area (Å²) in [5.41, 5.74) is -0.0108. The number of pyridine rings is 1. The highest BCUT2D eigenvalue weighted by Crippen LogP contribution is 2.07. The van der Waals surface area contributed by atoms with Crippen LogP contribution in [-0.4, -0.2) is 44.4 Å². The van der Waals surface area contributed by atoms with Gasteiger partial charge in [0.05, 0.1) is 7.11 Å². The maximum absolute atomic E-state index is 11.8. The van der Waals surface area contributed by atoms with Crippen LogP contribution in [-0.2, 0) is 7.05 Å². The molecule has 0 radical (unpaired) electrons. The predicted octanol–water partition coefficient (Wildman–Crippen LogP) is -1.02. The van der Waals surface area contributed by atoms with Crippen LogP contribution in [0, 0.1) is 0 Å². The van der Waals surface area contributed by atoms with Gasteiger partial charge in [-0.25, -0.2) is 4.68 Å². The summed E-state index contributed by atoms with van der Waals surface area (Å²) >= 11 is 0. The third-order valence-corrected chi connectivity index (χ3v) is 2.71. The van der Waals surface area contributed by atoms with Gasteiger partial charge in [0, 0.05) is 25.4 Å². The second-order valence-corrected chi connectivity index (χ2v) is 4.24. The molecule has 2 rings (SSSR count). The first-order valence-corrected chi connectivity index (χ1v) is 6.11.